The highest BCUT2D eigenvalue weighted by Crippen LogP contribution is 2.36. The lowest BCUT2D eigenvalue weighted by atomic mass is 9.73. The summed E-state index contributed by atoms with van der Waals surface area (Å²) in [5, 5.41) is 7.06. The third-order valence-corrected chi connectivity index (χ3v) is 3.68. The lowest BCUT2D eigenvalue weighted by Gasteiger charge is -2.39. The molecule has 2 aliphatic heterocycles. The second-order valence-electron chi connectivity index (χ2n) is 4.74. The van der Waals surface area contributed by atoms with Crippen molar-refractivity contribution in [2.75, 3.05) is 26.2 Å². The number of rotatable bonds is 0. The van der Waals surface area contributed by atoms with Gasteiger partial charge in [0.2, 0.25) is 0 Å². The van der Waals surface area contributed by atoms with Gasteiger partial charge in [-0.15, -0.1) is 0 Å². The van der Waals surface area contributed by atoms with E-state index in [1.54, 1.807) is 0 Å². The van der Waals surface area contributed by atoms with Gasteiger partial charge in [-0.1, -0.05) is 0 Å². The predicted octanol–water partition coefficient (Wildman–Crippen LogP) is 1.52. The van der Waals surface area contributed by atoms with E-state index in [-0.39, 0.29) is 0 Å². The molecule has 0 aliphatic carbocycles. The Balaban J connectivity index is 1.91. The zero-order valence-electron chi connectivity index (χ0n) is 8.57. The van der Waals surface area contributed by atoms with Gasteiger partial charge in [0.25, 0.3) is 0 Å². The van der Waals surface area contributed by atoms with E-state index in [0.717, 1.165) is 0 Å². The molecule has 2 aliphatic rings. The van der Waals surface area contributed by atoms with Crippen LogP contribution in [0.2, 0.25) is 0 Å². The minimum absolute atomic E-state index is 0.681. The van der Waals surface area contributed by atoms with Gasteiger partial charge in [-0.3, -0.25) is 0 Å². The van der Waals surface area contributed by atoms with Gasteiger partial charge in [-0.05, 0) is 63.6 Å². The average Bonchev–Trinajstić information content (AvgIpc) is 2.14. The van der Waals surface area contributed by atoms with Crippen LogP contribution in [0.1, 0.15) is 38.5 Å². The first-order valence-electron chi connectivity index (χ1n) is 5.83. The van der Waals surface area contributed by atoms with Gasteiger partial charge in [0, 0.05) is 6.54 Å². The van der Waals surface area contributed by atoms with E-state index >= 15 is 0 Å². The largest absolute Gasteiger partial charge is 0.317 e. The molecule has 0 amide bonds. The van der Waals surface area contributed by atoms with Crippen molar-refractivity contribution in [3.8, 4) is 0 Å². The number of piperidine rings is 1. The highest BCUT2D eigenvalue weighted by atomic mass is 14.9. The maximum absolute atomic E-state index is 3.57. The smallest absolute Gasteiger partial charge is 0.000783 e. The van der Waals surface area contributed by atoms with Crippen molar-refractivity contribution in [3.63, 3.8) is 0 Å². The first-order chi connectivity index (χ1) is 6.41. The fraction of sp³-hybridized carbons (Fsp3) is 1.00. The molecular weight excluding hydrogens is 160 g/mol. The minimum Gasteiger partial charge on any atom is -0.317 e. The van der Waals surface area contributed by atoms with Crippen molar-refractivity contribution >= 4 is 0 Å². The zero-order chi connectivity index (χ0) is 8.99. The van der Waals surface area contributed by atoms with E-state index in [9.17, 15) is 0 Å². The summed E-state index contributed by atoms with van der Waals surface area (Å²) in [6.07, 6.45) is 8.50. The van der Waals surface area contributed by atoms with E-state index in [1.165, 1.54) is 64.7 Å². The third-order valence-electron chi connectivity index (χ3n) is 3.68. The molecule has 2 heterocycles. The Bertz CT molecular complexity index is 140. The summed E-state index contributed by atoms with van der Waals surface area (Å²) in [4.78, 5) is 0. The van der Waals surface area contributed by atoms with Gasteiger partial charge >= 0.3 is 0 Å². The van der Waals surface area contributed by atoms with Gasteiger partial charge in [0.05, 0.1) is 0 Å². The lowest BCUT2D eigenvalue weighted by molar-refractivity contribution is 0.159. The molecule has 2 rings (SSSR count). The number of nitrogens with one attached hydrogen (secondary N) is 2. The Hall–Kier alpha value is -0.0800. The van der Waals surface area contributed by atoms with Crippen molar-refractivity contribution in [2.45, 2.75) is 38.5 Å². The van der Waals surface area contributed by atoms with Crippen molar-refractivity contribution in [1.29, 1.82) is 0 Å². The van der Waals surface area contributed by atoms with E-state index in [2.05, 4.69) is 10.6 Å². The van der Waals surface area contributed by atoms with Crippen LogP contribution in [0, 0.1) is 5.41 Å². The number of hydrogen-bond donors (Lipinski definition) is 2. The predicted molar refractivity (Wildman–Crippen MR) is 55.9 cm³/mol. The van der Waals surface area contributed by atoms with Gasteiger partial charge in [-0.25, -0.2) is 0 Å². The molecule has 2 saturated heterocycles. The summed E-state index contributed by atoms with van der Waals surface area (Å²) in [7, 11) is 0. The molecule has 13 heavy (non-hydrogen) atoms. The first-order valence-corrected chi connectivity index (χ1v) is 5.83. The Kier molecular flexibility index (Phi) is 3.23. The molecule has 0 saturated carbocycles. The average molecular weight is 182 g/mol. The van der Waals surface area contributed by atoms with Crippen LogP contribution in [0.15, 0.2) is 0 Å². The molecule has 0 bridgehead atoms. The zero-order valence-corrected chi connectivity index (χ0v) is 8.57. The van der Waals surface area contributed by atoms with Crippen LogP contribution in [0.4, 0.5) is 0 Å². The van der Waals surface area contributed by atoms with Gasteiger partial charge in [0.1, 0.15) is 0 Å². The van der Waals surface area contributed by atoms with E-state index in [1.807, 2.05) is 0 Å². The molecule has 2 nitrogen and oxygen atoms in total. The standard InChI is InChI=1S/C11H22N2/c1-4-11(5-2-8-12-7-1)6-3-9-13-10-11/h12-13H,1-10H2. The summed E-state index contributed by atoms with van der Waals surface area (Å²) in [6.45, 7) is 5.01. The SMILES string of the molecule is C1CNCCCC2(C1)CCCNC2. The van der Waals surface area contributed by atoms with Crippen LogP contribution in [-0.2, 0) is 0 Å². The van der Waals surface area contributed by atoms with Crippen LogP contribution in [0.5, 0.6) is 0 Å². The summed E-state index contributed by atoms with van der Waals surface area (Å²) in [5.41, 5.74) is 0.681. The van der Waals surface area contributed by atoms with E-state index in [0.29, 0.717) is 5.41 Å². The highest BCUT2D eigenvalue weighted by Gasteiger charge is 2.31. The van der Waals surface area contributed by atoms with Crippen molar-refractivity contribution in [1.82, 2.24) is 10.6 Å². The Labute approximate surface area is 81.5 Å². The third kappa shape index (κ3) is 2.44. The molecule has 0 radical (unpaired) electrons. The summed E-state index contributed by atoms with van der Waals surface area (Å²) < 4.78 is 0. The Morgan fingerprint density at radius 2 is 1.23 bits per heavy atom. The fourth-order valence-corrected chi connectivity index (χ4v) is 2.88. The van der Waals surface area contributed by atoms with Crippen LogP contribution >= 0.6 is 0 Å². The van der Waals surface area contributed by atoms with Crippen molar-refractivity contribution in [2.24, 2.45) is 5.41 Å². The van der Waals surface area contributed by atoms with Crippen LogP contribution < -0.4 is 10.6 Å². The molecular formula is C11H22N2. The second kappa shape index (κ2) is 4.43. The molecule has 2 fully saturated rings. The van der Waals surface area contributed by atoms with Gasteiger partial charge < -0.3 is 10.6 Å². The van der Waals surface area contributed by atoms with E-state index in [4.69, 9.17) is 0 Å². The summed E-state index contributed by atoms with van der Waals surface area (Å²) in [5.74, 6) is 0. The fourth-order valence-electron chi connectivity index (χ4n) is 2.88. The molecule has 2 N–H and O–H groups in total. The lowest BCUT2D eigenvalue weighted by Crippen LogP contribution is -2.41. The van der Waals surface area contributed by atoms with Gasteiger partial charge in [0.15, 0.2) is 0 Å². The molecule has 0 unspecified atom stereocenters. The molecule has 2 heteroatoms. The Morgan fingerprint density at radius 3 is 1.85 bits per heavy atom. The van der Waals surface area contributed by atoms with Gasteiger partial charge in [-0.2, -0.15) is 0 Å². The second-order valence-corrected chi connectivity index (χ2v) is 4.74. The summed E-state index contributed by atoms with van der Waals surface area (Å²) in [6, 6.07) is 0. The minimum atomic E-state index is 0.681. The Morgan fingerprint density at radius 1 is 0.692 bits per heavy atom. The molecule has 0 aromatic carbocycles. The normalized spacial score (nSPS) is 29.5. The van der Waals surface area contributed by atoms with E-state index < -0.39 is 0 Å². The quantitative estimate of drug-likeness (QED) is 0.593. The molecule has 0 atom stereocenters. The van der Waals surface area contributed by atoms with Crippen LogP contribution in [0.25, 0.3) is 0 Å². The monoisotopic (exact) mass is 182 g/mol. The molecule has 76 valence electrons. The number of hydrogen-bond acceptors (Lipinski definition) is 2. The maximum atomic E-state index is 3.57. The van der Waals surface area contributed by atoms with Crippen LogP contribution in [-0.4, -0.2) is 26.2 Å². The van der Waals surface area contributed by atoms with Crippen molar-refractivity contribution in [3.05, 3.63) is 0 Å². The topological polar surface area (TPSA) is 24.1 Å². The molecule has 0 aromatic rings. The van der Waals surface area contributed by atoms with Crippen LogP contribution in [0.3, 0.4) is 0 Å². The van der Waals surface area contributed by atoms with Crippen molar-refractivity contribution < 1.29 is 0 Å². The molecule has 0 aromatic heterocycles. The molecule has 1 spiro atoms. The first kappa shape index (κ1) is 9.47. The highest BCUT2D eigenvalue weighted by molar-refractivity contribution is 4.86. The summed E-state index contributed by atoms with van der Waals surface area (Å²) >= 11 is 0. The maximum Gasteiger partial charge on any atom is 0.000783 e.